The van der Waals surface area contributed by atoms with Crippen molar-refractivity contribution in [3.05, 3.63) is 23.8 Å². The first-order chi connectivity index (χ1) is 9.00. The summed E-state index contributed by atoms with van der Waals surface area (Å²) in [5.74, 6) is -1.31. The molecule has 6 heteroatoms. The predicted octanol–water partition coefficient (Wildman–Crippen LogP) is -0.194. The first-order valence-electron chi connectivity index (χ1n) is 6.15. The first-order valence-corrected chi connectivity index (χ1v) is 6.15. The second-order valence-corrected chi connectivity index (χ2v) is 5.04. The minimum atomic E-state index is -0.993. The number of anilines is 2. The van der Waals surface area contributed by atoms with Gasteiger partial charge in [-0.15, -0.1) is 0 Å². The minimum Gasteiger partial charge on any atom is -0.480 e. The van der Waals surface area contributed by atoms with E-state index < -0.39 is 18.1 Å². The highest BCUT2D eigenvalue weighted by Crippen LogP contribution is 2.41. The van der Waals surface area contributed by atoms with Crippen LogP contribution in [0.2, 0.25) is 0 Å². The number of nitrogens with zero attached hydrogens (tertiary/aromatic N) is 2. The van der Waals surface area contributed by atoms with Crippen molar-refractivity contribution in [1.29, 1.82) is 0 Å². The molecule has 0 saturated heterocycles. The Hall–Kier alpha value is -2.08. The zero-order valence-corrected chi connectivity index (χ0v) is 10.5. The third-order valence-corrected chi connectivity index (χ3v) is 3.79. The number of likely N-dealkylation sites (N-methyl/N-ethyl adjacent to an activating group) is 1. The molecule has 6 nitrogen and oxygen atoms in total. The largest absolute Gasteiger partial charge is 0.480 e. The number of aliphatic carboxylic acids is 1. The van der Waals surface area contributed by atoms with Gasteiger partial charge in [0.05, 0.1) is 11.4 Å². The topological polar surface area (TPSA) is 86.9 Å². The van der Waals surface area contributed by atoms with E-state index in [0.29, 0.717) is 18.7 Å². The van der Waals surface area contributed by atoms with Gasteiger partial charge in [-0.25, -0.2) is 4.79 Å². The number of hydrogen-bond donors (Lipinski definition) is 2. The lowest BCUT2D eigenvalue weighted by Gasteiger charge is -2.23. The molecule has 0 saturated carbocycles. The maximum atomic E-state index is 12.3. The van der Waals surface area contributed by atoms with Gasteiger partial charge in [0.15, 0.2) is 0 Å². The van der Waals surface area contributed by atoms with E-state index in [1.165, 1.54) is 4.90 Å². The van der Waals surface area contributed by atoms with Crippen LogP contribution in [0.5, 0.6) is 0 Å². The van der Waals surface area contributed by atoms with E-state index in [-0.39, 0.29) is 5.91 Å². The quantitative estimate of drug-likeness (QED) is 0.731. The number of carbonyl (C=O) groups is 2. The molecule has 0 radical (unpaired) electrons. The fourth-order valence-electron chi connectivity index (χ4n) is 2.90. The van der Waals surface area contributed by atoms with Crippen molar-refractivity contribution in [2.24, 2.45) is 5.73 Å². The van der Waals surface area contributed by atoms with Gasteiger partial charge in [-0.1, -0.05) is 12.1 Å². The van der Waals surface area contributed by atoms with Gasteiger partial charge in [-0.2, -0.15) is 0 Å². The fourth-order valence-corrected chi connectivity index (χ4v) is 2.90. The van der Waals surface area contributed by atoms with Crippen LogP contribution in [0.15, 0.2) is 18.2 Å². The Labute approximate surface area is 110 Å². The van der Waals surface area contributed by atoms with Crippen molar-refractivity contribution in [1.82, 2.24) is 0 Å². The highest BCUT2D eigenvalue weighted by Gasteiger charge is 2.43. The van der Waals surface area contributed by atoms with E-state index in [1.54, 1.807) is 0 Å². The van der Waals surface area contributed by atoms with Crippen LogP contribution < -0.4 is 15.5 Å². The number of benzene rings is 1. The molecule has 1 aromatic carbocycles. The molecule has 2 heterocycles. The number of para-hydroxylation sites is 1. The van der Waals surface area contributed by atoms with Crippen LogP contribution in [0, 0.1) is 0 Å². The molecule has 19 heavy (non-hydrogen) atoms. The molecule has 3 N–H and O–H groups in total. The molecular formula is C13H15N3O3. The van der Waals surface area contributed by atoms with Gasteiger partial charge in [-0.05, 0) is 11.6 Å². The molecule has 1 amide bonds. The van der Waals surface area contributed by atoms with E-state index in [4.69, 9.17) is 5.73 Å². The van der Waals surface area contributed by atoms with Gasteiger partial charge >= 0.3 is 5.97 Å². The predicted molar refractivity (Wildman–Crippen MR) is 70.3 cm³/mol. The molecule has 0 bridgehead atoms. The molecule has 2 atom stereocenters. The lowest BCUT2D eigenvalue weighted by molar-refractivity contribution is -0.140. The number of amides is 1. The summed E-state index contributed by atoms with van der Waals surface area (Å²) < 4.78 is 0. The van der Waals surface area contributed by atoms with Crippen molar-refractivity contribution >= 4 is 23.3 Å². The lowest BCUT2D eigenvalue weighted by Crippen LogP contribution is -2.51. The molecule has 0 aliphatic carbocycles. The smallest absolute Gasteiger partial charge is 0.327 e. The molecule has 3 rings (SSSR count). The Morgan fingerprint density at radius 1 is 1.47 bits per heavy atom. The van der Waals surface area contributed by atoms with Crippen LogP contribution >= 0.6 is 0 Å². The fraction of sp³-hybridized carbons (Fsp3) is 0.385. The molecular weight excluding hydrogens is 246 g/mol. The number of nitrogens with two attached hydrogens (primary N) is 1. The number of rotatable bonds is 1. The second kappa shape index (κ2) is 3.96. The molecule has 0 unspecified atom stereocenters. The summed E-state index contributed by atoms with van der Waals surface area (Å²) in [5, 5.41) is 9.32. The highest BCUT2D eigenvalue weighted by molar-refractivity contribution is 6.08. The standard InChI is InChI=1S/C13H15N3O3/c1-15-6-8(14)12(17)16-10(13(18)19)5-7-3-2-4-9(15)11(7)16/h2-4,8,10H,5-6,14H2,1H3,(H,18,19)/t8-,10-/m0/s1. The third-order valence-electron chi connectivity index (χ3n) is 3.79. The summed E-state index contributed by atoms with van der Waals surface area (Å²) in [7, 11) is 1.86. The van der Waals surface area contributed by atoms with Crippen LogP contribution in [0.4, 0.5) is 11.4 Å². The van der Waals surface area contributed by atoms with Gasteiger partial charge < -0.3 is 15.7 Å². The van der Waals surface area contributed by atoms with Gasteiger partial charge in [0.2, 0.25) is 5.91 Å². The number of carboxylic acid groups (broad SMARTS) is 1. The van der Waals surface area contributed by atoms with Gasteiger partial charge in [0, 0.05) is 20.0 Å². The average Bonchev–Trinajstić information content (AvgIpc) is 2.72. The van der Waals surface area contributed by atoms with Crippen LogP contribution in [0.3, 0.4) is 0 Å². The summed E-state index contributed by atoms with van der Waals surface area (Å²) in [4.78, 5) is 27.0. The van der Waals surface area contributed by atoms with Crippen molar-refractivity contribution in [3.8, 4) is 0 Å². The van der Waals surface area contributed by atoms with E-state index in [1.807, 2.05) is 30.1 Å². The number of carbonyl (C=O) groups excluding carboxylic acids is 1. The van der Waals surface area contributed by atoms with Crippen LogP contribution in [-0.4, -0.2) is 42.7 Å². The van der Waals surface area contributed by atoms with E-state index in [2.05, 4.69) is 0 Å². The Morgan fingerprint density at radius 3 is 2.89 bits per heavy atom. The van der Waals surface area contributed by atoms with E-state index in [9.17, 15) is 14.7 Å². The Balaban J connectivity index is 2.21. The van der Waals surface area contributed by atoms with E-state index >= 15 is 0 Å². The summed E-state index contributed by atoms with van der Waals surface area (Å²) in [6, 6.07) is 4.09. The summed E-state index contributed by atoms with van der Waals surface area (Å²) in [5.41, 5.74) is 8.33. The van der Waals surface area contributed by atoms with Crippen molar-refractivity contribution in [3.63, 3.8) is 0 Å². The molecule has 2 aliphatic heterocycles. The highest BCUT2D eigenvalue weighted by atomic mass is 16.4. The summed E-state index contributed by atoms with van der Waals surface area (Å²) in [6.45, 7) is 0.387. The molecule has 0 fully saturated rings. The maximum Gasteiger partial charge on any atom is 0.327 e. The maximum absolute atomic E-state index is 12.3. The van der Waals surface area contributed by atoms with Crippen LogP contribution in [-0.2, 0) is 16.0 Å². The number of carboxylic acids is 1. The first kappa shape index (κ1) is 12.0. The van der Waals surface area contributed by atoms with Gasteiger partial charge in [0.1, 0.15) is 12.1 Å². The molecule has 1 aromatic rings. The summed E-state index contributed by atoms with van der Waals surface area (Å²) in [6.07, 6.45) is 0.338. The number of hydrogen-bond acceptors (Lipinski definition) is 4. The summed E-state index contributed by atoms with van der Waals surface area (Å²) >= 11 is 0. The monoisotopic (exact) mass is 261 g/mol. The zero-order valence-electron chi connectivity index (χ0n) is 10.5. The van der Waals surface area contributed by atoms with Crippen LogP contribution in [0.25, 0.3) is 0 Å². The van der Waals surface area contributed by atoms with Crippen LogP contribution in [0.1, 0.15) is 5.56 Å². The SMILES string of the molecule is CN1C[C@H](N)C(=O)N2c3c(cccc31)C[C@H]2C(=O)O. The zero-order chi connectivity index (χ0) is 13.7. The van der Waals surface area contributed by atoms with Gasteiger partial charge in [-0.3, -0.25) is 9.69 Å². The van der Waals surface area contributed by atoms with Crippen molar-refractivity contribution in [2.75, 3.05) is 23.4 Å². The van der Waals surface area contributed by atoms with Crippen molar-refractivity contribution in [2.45, 2.75) is 18.5 Å². The molecule has 100 valence electrons. The minimum absolute atomic E-state index is 0.317. The molecule has 2 aliphatic rings. The van der Waals surface area contributed by atoms with Crippen molar-refractivity contribution < 1.29 is 14.7 Å². The second-order valence-electron chi connectivity index (χ2n) is 5.04. The van der Waals surface area contributed by atoms with Gasteiger partial charge in [0.25, 0.3) is 0 Å². The molecule has 0 spiro atoms. The third kappa shape index (κ3) is 1.60. The normalized spacial score (nSPS) is 25.3. The Morgan fingerprint density at radius 2 is 2.21 bits per heavy atom. The Kier molecular flexibility index (Phi) is 2.50. The van der Waals surface area contributed by atoms with E-state index in [0.717, 1.165) is 11.3 Å². The Bertz CT molecular complexity index is 572. The molecule has 0 aromatic heterocycles. The lowest BCUT2D eigenvalue weighted by atomic mass is 10.1. The average molecular weight is 261 g/mol.